The van der Waals surface area contributed by atoms with Crippen LogP contribution >= 0.6 is 0 Å². The minimum Gasteiger partial charge on any atom is -0.475 e. The minimum absolute atomic E-state index is 0.0550. The van der Waals surface area contributed by atoms with Crippen molar-refractivity contribution in [2.75, 3.05) is 32.8 Å². The fourth-order valence-corrected chi connectivity index (χ4v) is 4.73. The van der Waals surface area contributed by atoms with E-state index in [0.29, 0.717) is 19.8 Å². The topological polar surface area (TPSA) is 87.9 Å². The Hall–Kier alpha value is -2.92. The lowest BCUT2D eigenvalue weighted by molar-refractivity contribution is -0.192. The zero-order chi connectivity index (χ0) is 26.7. The molecule has 11 heteroatoms. The number of ether oxygens (including phenoxy) is 1. The molecule has 198 valence electrons. The van der Waals surface area contributed by atoms with E-state index >= 15 is 0 Å². The molecule has 2 aliphatic rings. The molecule has 2 aromatic rings. The van der Waals surface area contributed by atoms with Crippen LogP contribution in [-0.2, 0) is 27.9 Å². The number of morpholine rings is 1. The van der Waals surface area contributed by atoms with Gasteiger partial charge in [0.15, 0.2) is 0 Å². The largest absolute Gasteiger partial charge is 0.490 e. The number of carbonyl (C=O) groups is 2. The first-order valence-corrected chi connectivity index (χ1v) is 11.7. The third-order valence-electron chi connectivity index (χ3n) is 6.67. The molecular formula is C25H33F3N4O4. The van der Waals surface area contributed by atoms with Gasteiger partial charge >= 0.3 is 12.1 Å². The Morgan fingerprint density at radius 2 is 1.89 bits per heavy atom. The van der Waals surface area contributed by atoms with Gasteiger partial charge in [0.25, 0.3) is 0 Å². The Balaban J connectivity index is 0.000000454. The number of carboxylic acid groups (broad SMARTS) is 1. The molecule has 2 aliphatic heterocycles. The van der Waals surface area contributed by atoms with E-state index in [0.717, 1.165) is 25.2 Å². The van der Waals surface area contributed by atoms with Crippen molar-refractivity contribution >= 4 is 11.9 Å². The summed E-state index contributed by atoms with van der Waals surface area (Å²) in [5.41, 5.74) is 3.52. The van der Waals surface area contributed by atoms with E-state index in [-0.39, 0.29) is 23.3 Å². The van der Waals surface area contributed by atoms with E-state index in [2.05, 4.69) is 61.2 Å². The van der Waals surface area contributed by atoms with Gasteiger partial charge in [-0.2, -0.15) is 18.3 Å². The smallest absolute Gasteiger partial charge is 0.475 e. The summed E-state index contributed by atoms with van der Waals surface area (Å²) in [4.78, 5) is 27.1. The highest BCUT2D eigenvalue weighted by Crippen LogP contribution is 2.36. The number of aryl methyl sites for hydroxylation is 2. The summed E-state index contributed by atoms with van der Waals surface area (Å²) in [6.45, 7) is 10.8. The maximum atomic E-state index is 13.7. The average molecular weight is 511 g/mol. The number of carboxylic acids is 1. The number of aliphatic carboxylic acids is 1. The highest BCUT2D eigenvalue weighted by atomic mass is 19.4. The molecule has 1 N–H and O–H groups in total. The zero-order valence-corrected chi connectivity index (χ0v) is 21.0. The highest BCUT2D eigenvalue weighted by molar-refractivity contribution is 5.81. The number of likely N-dealkylation sites (tertiary alicyclic amines) is 1. The van der Waals surface area contributed by atoms with Crippen molar-refractivity contribution in [2.45, 2.75) is 44.9 Å². The summed E-state index contributed by atoms with van der Waals surface area (Å²) in [5.74, 6) is -2.40. The number of hydrogen-bond acceptors (Lipinski definition) is 5. The predicted molar refractivity (Wildman–Crippen MR) is 126 cm³/mol. The van der Waals surface area contributed by atoms with E-state index in [9.17, 15) is 18.0 Å². The number of halogens is 3. The lowest BCUT2D eigenvalue weighted by Crippen LogP contribution is -2.57. The molecule has 3 heterocycles. The van der Waals surface area contributed by atoms with Crippen LogP contribution in [0, 0.1) is 12.8 Å². The fourth-order valence-electron chi connectivity index (χ4n) is 4.73. The lowest BCUT2D eigenvalue weighted by Gasteiger charge is -2.43. The number of nitrogens with zero attached hydrogens (tertiary/aromatic N) is 4. The van der Waals surface area contributed by atoms with Crippen molar-refractivity contribution in [2.24, 2.45) is 13.0 Å². The van der Waals surface area contributed by atoms with Crippen LogP contribution < -0.4 is 0 Å². The third kappa shape index (κ3) is 6.64. The summed E-state index contributed by atoms with van der Waals surface area (Å²) in [6.07, 6.45) is -1.10. The average Bonchev–Trinajstić information content (AvgIpc) is 3.40. The highest BCUT2D eigenvalue weighted by Gasteiger charge is 2.44. The molecule has 36 heavy (non-hydrogen) atoms. The zero-order valence-electron chi connectivity index (χ0n) is 21.0. The minimum atomic E-state index is -5.08. The molecule has 4 rings (SSSR count). The quantitative estimate of drug-likeness (QED) is 0.680. The first-order chi connectivity index (χ1) is 16.8. The van der Waals surface area contributed by atoms with Crippen LogP contribution in [0.3, 0.4) is 0 Å². The standard InChI is InChI=1S/C23H32N4O2.C2HF3O2/c1-17-7-5-6-8-18(17)13-26-14-20(19-11-24-25(4)12-19)21(15-26)22(28)27-9-10-29-16-23(27,2)3;3-2(4,5)1(6)7/h5-8,11-12,20-21H,9-10,13-16H2,1-4H3;(H,6,7)/t20-,21+;/m1./s1. The van der Waals surface area contributed by atoms with E-state index in [4.69, 9.17) is 14.6 Å². The Bertz CT molecular complexity index is 1070. The molecule has 0 aliphatic carbocycles. The van der Waals surface area contributed by atoms with Gasteiger partial charge in [-0.15, -0.1) is 0 Å². The van der Waals surface area contributed by atoms with Gasteiger partial charge in [-0.25, -0.2) is 4.79 Å². The van der Waals surface area contributed by atoms with Gasteiger partial charge < -0.3 is 14.7 Å². The first-order valence-electron chi connectivity index (χ1n) is 11.7. The van der Waals surface area contributed by atoms with Gasteiger partial charge in [0.05, 0.1) is 30.9 Å². The number of hydrogen-bond donors (Lipinski definition) is 1. The molecule has 1 aromatic carbocycles. The molecule has 2 atom stereocenters. The van der Waals surface area contributed by atoms with E-state index in [1.165, 1.54) is 11.1 Å². The summed E-state index contributed by atoms with van der Waals surface area (Å²) < 4.78 is 39.2. The molecule has 1 amide bonds. The SMILES string of the molecule is Cc1ccccc1CN1C[C@H](C(=O)N2CCOCC2(C)C)[C@@H](c2cnn(C)c2)C1.O=C(O)C(F)(F)F. The third-order valence-corrected chi connectivity index (χ3v) is 6.67. The molecule has 0 unspecified atom stereocenters. The van der Waals surface area contributed by atoms with Gasteiger partial charge in [0.2, 0.25) is 5.91 Å². The predicted octanol–water partition coefficient (Wildman–Crippen LogP) is 3.21. The van der Waals surface area contributed by atoms with Gasteiger partial charge in [0, 0.05) is 45.3 Å². The number of benzene rings is 1. The number of aromatic nitrogens is 2. The van der Waals surface area contributed by atoms with Crippen LogP contribution in [0.25, 0.3) is 0 Å². The fraction of sp³-hybridized carbons (Fsp3) is 0.560. The van der Waals surface area contributed by atoms with Gasteiger partial charge in [-0.3, -0.25) is 14.4 Å². The lowest BCUT2D eigenvalue weighted by atomic mass is 9.88. The molecule has 0 radical (unpaired) electrons. The second-order valence-electron chi connectivity index (χ2n) is 9.94. The second kappa shape index (κ2) is 11.0. The van der Waals surface area contributed by atoms with Gasteiger partial charge in [0.1, 0.15) is 0 Å². The molecule has 1 aromatic heterocycles. The van der Waals surface area contributed by atoms with Crippen molar-refractivity contribution in [1.29, 1.82) is 0 Å². The van der Waals surface area contributed by atoms with Crippen LogP contribution in [0.4, 0.5) is 13.2 Å². The van der Waals surface area contributed by atoms with Crippen LogP contribution in [-0.4, -0.2) is 81.1 Å². The van der Waals surface area contributed by atoms with Crippen LogP contribution in [0.15, 0.2) is 36.7 Å². The van der Waals surface area contributed by atoms with Gasteiger partial charge in [-0.05, 0) is 37.5 Å². The van der Waals surface area contributed by atoms with Crippen molar-refractivity contribution in [3.8, 4) is 0 Å². The molecule has 2 fully saturated rings. The second-order valence-corrected chi connectivity index (χ2v) is 9.94. The van der Waals surface area contributed by atoms with Crippen molar-refractivity contribution in [1.82, 2.24) is 19.6 Å². The van der Waals surface area contributed by atoms with E-state index in [1.54, 1.807) is 0 Å². The summed E-state index contributed by atoms with van der Waals surface area (Å²) in [7, 11) is 1.94. The summed E-state index contributed by atoms with van der Waals surface area (Å²) in [6, 6.07) is 8.52. The molecule has 0 bridgehead atoms. The van der Waals surface area contributed by atoms with Crippen LogP contribution in [0.5, 0.6) is 0 Å². The van der Waals surface area contributed by atoms with E-state index in [1.807, 2.05) is 22.8 Å². The Labute approximate surface area is 208 Å². The Morgan fingerprint density at radius 1 is 1.22 bits per heavy atom. The molecular weight excluding hydrogens is 477 g/mol. The maximum absolute atomic E-state index is 13.7. The number of alkyl halides is 3. The molecule has 8 nitrogen and oxygen atoms in total. The number of amides is 1. The van der Waals surface area contributed by atoms with Crippen LogP contribution in [0.2, 0.25) is 0 Å². The van der Waals surface area contributed by atoms with Crippen molar-refractivity contribution in [3.05, 3.63) is 53.3 Å². The Kier molecular flexibility index (Phi) is 8.45. The van der Waals surface area contributed by atoms with Crippen molar-refractivity contribution < 1.29 is 32.6 Å². The molecule has 0 saturated carbocycles. The maximum Gasteiger partial charge on any atom is 0.490 e. The summed E-state index contributed by atoms with van der Waals surface area (Å²) in [5, 5.41) is 11.5. The van der Waals surface area contributed by atoms with Crippen LogP contribution in [0.1, 0.15) is 36.5 Å². The normalized spacial score (nSPS) is 22.1. The molecule has 2 saturated heterocycles. The first kappa shape index (κ1) is 27.7. The van der Waals surface area contributed by atoms with Gasteiger partial charge in [-0.1, -0.05) is 24.3 Å². The number of carbonyl (C=O) groups excluding carboxylic acids is 1. The summed E-state index contributed by atoms with van der Waals surface area (Å²) >= 11 is 0. The Morgan fingerprint density at radius 3 is 2.44 bits per heavy atom. The number of rotatable bonds is 4. The monoisotopic (exact) mass is 510 g/mol. The van der Waals surface area contributed by atoms with E-state index < -0.39 is 12.1 Å². The van der Waals surface area contributed by atoms with Crippen molar-refractivity contribution in [3.63, 3.8) is 0 Å². The molecule has 0 spiro atoms.